The lowest BCUT2D eigenvalue weighted by atomic mass is 9.93. The van der Waals surface area contributed by atoms with Gasteiger partial charge in [0, 0.05) is 6.42 Å². The van der Waals surface area contributed by atoms with E-state index in [2.05, 4.69) is 6.58 Å². The lowest BCUT2D eigenvalue weighted by Gasteiger charge is -2.03. The predicted molar refractivity (Wildman–Crippen MR) is 52.4 cm³/mol. The third-order valence-electron chi connectivity index (χ3n) is 1.43. The zero-order valence-electron chi connectivity index (χ0n) is 7.85. The number of aliphatic hydroxyl groups excluding tert-OH is 1. The van der Waals surface area contributed by atoms with Crippen LogP contribution in [0.5, 0.6) is 0 Å². The molecule has 0 amide bonds. The largest absolute Gasteiger partial charge is 0.393 e. The summed E-state index contributed by atoms with van der Waals surface area (Å²) in [6.45, 7) is 4.77. The Morgan fingerprint density at radius 3 is 2.54 bits per heavy atom. The van der Waals surface area contributed by atoms with Crippen molar-refractivity contribution < 1.29 is 13.9 Å². The summed E-state index contributed by atoms with van der Waals surface area (Å²) in [6.07, 6.45) is 1.58. The zero-order valence-corrected chi connectivity index (χ0v) is 7.85. The zero-order chi connectivity index (χ0) is 10.4. The molecule has 0 aromatic heterocycles. The second-order valence-corrected chi connectivity index (χ2v) is 2.86. The molecular weight excluding hydrogens is 173 g/mol. The van der Waals surface area contributed by atoms with E-state index in [1.807, 2.05) is 0 Å². The molecule has 72 valence electrons. The highest BCUT2D eigenvalue weighted by atomic mass is 19.2. The maximum Gasteiger partial charge on any atom is 0.148 e. The molecule has 0 radical (unpaired) electrons. The second-order valence-electron chi connectivity index (χ2n) is 2.86. The Hall–Kier alpha value is -0.895. The Bertz CT molecular complexity index is 244. The monoisotopic (exact) mass is 186 g/mol. The van der Waals surface area contributed by atoms with Crippen molar-refractivity contribution in [3.05, 3.63) is 35.9 Å². The molecule has 0 aliphatic heterocycles. The molecule has 0 rings (SSSR count). The third-order valence-corrected chi connectivity index (χ3v) is 1.43. The first-order chi connectivity index (χ1) is 5.99. The molecule has 0 aliphatic rings. The van der Waals surface area contributed by atoms with Crippen molar-refractivity contribution in [3.8, 4) is 0 Å². The minimum atomic E-state index is -0.925. The van der Waals surface area contributed by atoms with Crippen LogP contribution >= 0.6 is 0 Å². The molecule has 1 nitrogen and oxygen atoms in total. The highest BCUT2D eigenvalue weighted by Gasteiger charge is 2.09. The van der Waals surface area contributed by atoms with Crippen LogP contribution in [0.4, 0.5) is 8.78 Å². The number of hydrogen-bond donors (Lipinski definition) is 1. The van der Waals surface area contributed by atoms with Crippen LogP contribution in [0.15, 0.2) is 35.9 Å². The first-order valence-electron chi connectivity index (χ1n) is 4.01. The fraction of sp³-hybridized carbons (Fsp3) is 0.333. The number of aliphatic hydroxyl groups is 1. The van der Waals surface area contributed by atoms with E-state index in [9.17, 15) is 8.78 Å². The summed E-state index contributed by atoms with van der Waals surface area (Å²) in [5.74, 6) is -1.84. The minimum absolute atomic E-state index is 0.174. The average molecular weight is 186 g/mol. The van der Waals surface area contributed by atoms with Crippen LogP contribution in [0.2, 0.25) is 0 Å². The Morgan fingerprint density at radius 1 is 1.62 bits per heavy atom. The molecule has 0 aliphatic carbocycles. The van der Waals surface area contributed by atoms with Crippen LogP contribution in [0.1, 0.15) is 13.3 Å². The van der Waals surface area contributed by atoms with E-state index in [0.29, 0.717) is 0 Å². The molecule has 1 atom stereocenters. The van der Waals surface area contributed by atoms with Gasteiger partial charge in [0.25, 0.3) is 0 Å². The predicted octanol–water partition coefficient (Wildman–Crippen LogP) is 1.61. The smallest absolute Gasteiger partial charge is 0.148 e. The van der Waals surface area contributed by atoms with Gasteiger partial charge < -0.3 is 5.11 Å². The van der Waals surface area contributed by atoms with Crippen molar-refractivity contribution in [1.29, 1.82) is 0 Å². The van der Waals surface area contributed by atoms with Crippen LogP contribution in [0, 0.1) is 0 Å². The van der Waals surface area contributed by atoms with Gasteiger partial charge >= 0.3 is 0 Å². The number of allylic oxidation sites excluding steroid dienone is 4. The maximum absolute atomic E-state index is 13.0. The van der Waals surface area contributed by atoms with Gasteiger partial charge in [0.15, 0.2) is 0 Å². The standard InChI is InChI=1S/C9H13BF2O/c1-3-4-7(10)9(12)8(11)5-6(2)13/h3-4,6,13H,1,5,10H2,2H3/b7-4+,9-8-. The summed E-state index contributed by atoms with van der Waals surface area (Å²) >= 11 is 0. The molecule has 0 aromatic rings. The van der Waals surface area contributed by atoms with Crippen LogP contribution in [-0.2, 0) is 0 Å². The summed E-state index contributed by atoms with van der Waals surface area (Å²) in [5.41, 5.74) is 0.174. The summed E-state index contributed by atoms with van der Waals surface area (Å²) < 4.78 is 25.9. The molecule has 0 aromatic carbocycles. The van der Waals surface area contributed by atoms with E-state index < -0.39 is 17.8 Å². The normalized spacial score (nSPS) is 16.5. The van der Waals surface area contributed by atoms with Gasteiger partial charge in [-0.15, -0.1) is 0 Å². The SMILES string of the molecule is BC(=C/C=C)/C(F)=C(/F)CC(C)O. The molecule has 0 bridgehead atoms. The highest BCUT2D eigenvalue weighted by Crippen LogP contribution is 2.19. The molecule has 0 saturated heterocycles. The summed E-state index contributed by atoms with van der Waals surface area (Å²) in [4.78, 5) is 0. The van der Waals surface area contributed by atoms with Crippen LogP contribution in [0.3, 0.4) is 0 Å². The van der Waals surface area contributed by atoms with E-state index in [4.69, 9.17) is 5.11 Å². The van der Waals surface area contributed by atoms with Crippen LogP contribution < -0.4 is 0 Å². The van der Waals surface area contributed by atoms with Gasteiger partial charge in [-0.1, -0.05) is 24.2 Å². The van der Waals surface area contributed by atoms with Gasteiger partial charge in [-0.05, 0) is 6.92 Å². The van der Waals surface area contributed by atoms with Gasteiger partial charge in [0.2, 0.25) is 0 Å². The molecule has 0 fully saturated rings. The molecule has 0 spiro atoms. The molecule has 1 N–H and O–H groups in total. The van der Waals surface area contributed by atoms with Crippen molar-refractivity contribution in [1.82, 2.24) is 0 Å². The average Bonchev–Trinajstić information content (AvgIpc) is 2.02. The Morgan fingerprint density at radius 2 is 2.15 bits per heavy atom. The molecule has 1 unspecified atom stereocenters. The fourth-order valence-electron chi connectivity index (χ4n) is 0.813. The highest BCUT2D eigenvalue weighted by molar-refractivity contribution is 6.24. The van der Waals surface area contributed by atoms with E-state index in [1.54, 1.807) is 0 Å². The van der Waals surface area contributed by atoms with E-state index >= 15 is 0 Å². The third kappa shape index (κ3) is 4.63. The van der Waals surface area contributed by atoms with E-state index in [-0.39, 0.29) is 11.9 Å². The number of rotatable bonds is 4. The summed E-state index contributed by atoms with van der Waals surface area (Å²) in [7, 11) is 1.44. The molecule has 13 heavy (non-hydrogen) atoms. The van der Waals surface area contributed by atoms with Crippen molar-refractivity contribution in [2.45, 2.75) is 19.4 Å². The van der Waals surface area contributed by atoms with Crippen LogP contribution in [0.25, 0.3) is 0 Å². The molecule has 0 saturated carbocycles. The van der Waals surface area contributed by atoms with E-state index in [0.717, 1.165) is 0 Å². The Kier molecular flexibility index (Phi) is 5.31. The van der Waals surface area contributed by atoms with Gasteiger partial charge in [-0.3, -0.25) is 0 Å². The van der Waals surface area contributed by atoms with Gasteiger partial charge in [0.1, 0.15) is 19.5 Å². The number of hydrogen-bond acceptors (Lipinski definition) is 1. The van der Waals surface area contributed by atoms with Gasteiger partial charge in [0.05, 0.1) is 6.10 Å². The molecular formula is C9H13BF2O. The van der Waals surface area contributed by atoms with Crippen LogP contribution in [-0.4, -0.2) is 19.1 Å². The quantitative estimate of drug-likeness (QED) is 0.522. The topological polar surface area (TPSA) is 20.2 Å². The summed E-state index contributed by atoms with van der Waals surface area (Å²) in [5, 5.41) is 8.80. The van der Waals surface area contributed by atoms with Crippen molar-refractivity contribution >= 4 is 7.85 Å². The van der Waals surface area contributed by atoms with Gasteiger partial charge in [-0.25, -0.2) is 8.78 Å². The molecule has 4 heteroatoms. The van der Waals surface area contributed by atoms with Gasteiger partial charge in [-0.2, -0.15) is 0 Å². The van der Waals surface area contributed by atoms with Crippen molar-refractivity contribution in [3.63, 3.8) is 0 Å². The van der Waals surface area contributed by atoms with Crippen molar-refractivity contribution in [2.24, 2.45) is 0 Å². The molecule has 0 heterocycles. The van der Waals surface area contributed by atoms with Crippen molar-refractivity contribution in [2.75, 3.05) is 0 Å². The summed E-state index contributed by atoms with van der Waals surface area (Å²) in [6, 6.07) is 0. The first-order valence-corrected chi connectivity index (χ1v) is 4.01. The lowest BCUT2D eigenvalue weighted by molar-refractivity contribution is 0.185. The second kappa shape index (κ2) is 5.70. The maximum atomic E-state index is 13.0. The van der Waals surface area contributed by atoms with E-state index in [1.165, 1.54) is 26.9 Å². The number of halogens is 2. The first kappa shape index (κ1) is 12.1. The Labute approximate surface area is 77.9 Å². The lowest BCUT2D eigenvalue weighted by Crippen LogP contribution is -2.00. The fourth-order valence-corrected chi connectivity index (χ4v) is 0.813. The Balaban J connectivity index is 4.60. The minimum Gasteiger partial charge on any atom is -0.393 e.